The van der Waals surface area contributed by atoms with Crippen molar-refractivity contribution in [1.82, 2.24) is 0 Å². The molecule has 0 aromatic heterocycles. The molecule has 7 heteroatoms. The molecular formula is C15H11N3O4. The van der Waals surface area contributed by atoms with Crippen molar-refractivity contribution in [2.24, 2.45) is 0 Å². The highest BCUT2D eigenvalue weighted by molar-refractivity contribution is 6.05. The highest BCUT2D eigenvalue weighted by Gasteiger charge is 2.14. The summed E-state index contributed by atoms with van der Waals surface area (Å²) in [5.74, 6) is -0.189. The molecule has 110 valence electrons. The molecule has 0 aliphatic heterocycles. The molecule has 0 bridgehead atoms. The second-order valence-corrected chi connectivity index (χ2v) is 4.29. The van der Waals surface area contributed by atoms with Crippen molar-refractivity contribution in [3.05, 3.63) is 63.7 Å². The van der Waals surface area contributed by atoms with Crippen molar-refractivity contribution in [1.29, 1.82) is 5.26 Å². The Kier molecular flexibility index (Phi) is 4.34. The molecule has 0 radical (unpaired) electrons. The Morgan fingerprint density at radius 3 is 2.73 bits per heavy atom. The lowest BCUT2D eigenvalue weighted by Crippen LogP contribution is -2.13. The van der Waals surface area contributed by atoms with Crippen LogP contribution in [0.4, 0.5) is 11.4 Å². The first-order valence-electron chi connectivity index (χ1n) is 6.19. The summed E-state index contributed by atoms with van der Waals surface area (Å²) in [6.07, 6.45) is 0. The minimum absolute atomic E-state index is 0.165. The summed E-state index contributed by atoms with van der Waals surface area (Å²) >= 11 is 0. The largest absolute Gasteiger partial charge is 0.495 e. The molecule has 0 heterocycles. The fourth-order valence-electron chi connectivity index (χ4n) is 1.83. The number of carbonyl (C=O) groups excluding carboxylic acids is 1. The average molecular weight is 297 g/mol. The smallest absolute Gasteiger partial charge is 0.271 e. The molecule has 0 fully saturated rings. The van der Waals surface area contributed by atoms with E-state index in [1.807, 2.05) is 6.07 Å². The van der Waals surface area contributed by atoms with Crippen molar-refractivity contribution < 1.29 is 14.5 Å². The van der Waals surface area contributed by atoms with E-state index in [2.05, 4.69) is 5.32 Å². The highest BCUT2D eigenvalue weighted by atomic mass is 16.6. The summed E-state index contributed by atoms with van der Waals surface area (Å²) in [7, 11) is 1.40. The van der Waals surface area contributed by atoms with Crippen molar-refractivity contribution in [2.75, 3.05) is 12.4 Å². The number of hydrogen-bond acceptors (Lipinski definition) is 5. The van der Waals surface area contributed by atoms with Gasteiger partial charge in [0.1, 0.15) is 5.75 Å². The Morgan fingerprint density at radius 1 is 1.32 bits per heavy atom. The van der Waals surface area contributed by atoms with Crippen LogP contribution >= 0.6 is 0 Å². The SMILES string of the molecule is COc1ccc([N+](=O)[O-])cc1NC(=O)c1cccc(C#N)c1. The summed E-state index contributed by atoms with van der Waals surface area (Å²) < 4.78 is 5.07. The number of anilines is 1. The minimum Gasteiger partial charge on any atom is -0.495 e. The van der Waals surface area contributed by atoms with Gasteiger partial charge in [0, 0.05) is 17.7 Å². The third-order valence-corrected chi connectivity index (χ3v) is 2.90. The fourth-order valence-corrected chi connectivity index (χ4v) is 1.83. The van der Waals surface area contributed by atoms with E-state index in [9.17, 15) is 14.9 Å². The molecule has 0 saturated heterocycles. The maximum Gasteiger partial charge on any atom is 0.271 e. The predicted molar refractivity (Wildman–Crippen MR) is 78.8 cm³/mol. The lowest BCUT2D eigenvalue weighted by atomic mass is 10.1. The molecule has 22 heavy (non-hydrogen) atoms. The fraction of sp³-hybridized carbons (Fsp3) is 0.0667. The zero-order valence-corrected chi connectivity index (χ0v) is 11.6. The van der Waals surface area contributed by atoms with Crippen molar-refractivity contribution in [3.63, 3.8) is 0 Å². The van der Waals surface area contributed by atoms with E-state index in [0.29, 0.717) is 11.3 Å². The standard InChI is InChI=1S/C15H11N3O4/c1-22-14-6-5-12(18(20)21)8-13(14)17-15(19)11-4-2-3-10(7-11)9-16/h2-8H,1H3,(H,17,19). The Labute approximate surface area is 125 Å². The molecule has 2 aromatic carbocycles. The first-order valence-corrected chi connectivity index (χ1v) is 6.19. The van der Waals surface area contributed by atoms with Gasteiger partial charge in [0.15, 0.2) is 0 Å². The third-order valence-electron chi connectivity index (χ3n) is 2.90. The number of nitrogens with one attached hydrogen (secondary N) is 1. The maximum absolute atomic E-state index is 12.2. The van der Waals surface area contributed by atoms with Crippen molar-refractivity contribution in [2.45, 2.75) is 0 Å². The third kappa shape index (κ3) is 3.19. The lowest BCUT2D eigenvalue weighted by Gasteiger charge is -2.10. The Morgan fingerprint density at radius 2 is 2.09 bits per heavy atom. The van der Waals surface area contributed by atoms with Crippen LogP contribution in [0.5, 0.6) is 5.75 Å². The number of nitro groups is 1. The first-order chi connectivity index (χ1) is 10.5. The highest BCUT2D eigenvalue weighted by Crippen LogP contribution is 2.29. The first kappa shape index (κ1) is 15.0. The maximum atomic E-state index is 12.2. The van der Waals surface area contributed by atoms with Crippen LogP contribution in [0.2, 0.25) is 0 Å². The number of nitriles is 1. The lowest BCUT2D eigenvalue weighted by molar-refractivity contribution is -0.384. The summed E-state index contributed by atoms with van der Waals surface area (Å²) in [6, 6.07) is 12.0. The van der Waals surface area contributed by atoms with Crippen LogP contribution in [-0.2, 0) is 0 Å². The van der Waals surface area contributed by atoms with Crippen LogP contribution in [-0.4, -0.2) is 17.9 Å². The predicted octanol–water partition coefficient (Wildman–Crippen LogP) is 2.73. The number of carbonyl (C=O) groups is 1. The molecule has 0 aliphatic carbocycles. The van der Waals surface area contributed by atoms with Gasteiger partial charge in [-0.15, -0.1) is 0 Å². The van der Waals surface area contributed by atoms with Crippen LogP contribution in [0.25, 0.3) is 0 Å². The quantitative estimate of drug-likeness (QED) is 0.690. The van der Waals surface area contributed by atoms with Gasteiger partial charge < -0.3 is 10.1 Å². The van der Waals surface area contributed by atoms with Gasteiger partial charge in [-0.1, -0.05) is 6.07 Å². The van der Waals surface area contributed by atoms with E-state index in [4.69, 9.17) is 10.00 Å². The van der Waals surface area contributed by atoms with Crippen LogP contribution < -0.4 is 10.1 Å². The molecule has 0 atom stereocenters. The average Bonchev–Trinajstić information content (AvgIpc) is 2.54. The second kappa shape index (κ2) is 6.37. The Bertz CT molecular complexity index is 781. The molecule has 0 spiro atoms. The number of nitrogens with zero attached hydrogens (tertiary/aromatic N) is 2. The number of benzene rings is 2. The van der Waals surface area contributed by atoms with Gasteiger partial charge >= 0.3 is 0 Å². The molecule has 7 nitrogen and oxygen atoms in total. The summed E-state index contributed by atoms with van der Waals surface area (Å²) in [4.78, 5) is 22.4. The molecule has 0 saturated carbocycles. The molecule has 2 rings (SSSR count). The number of rotatable bonds is 4. The van der Waals surface area contributed by atoms with Gasteiger partial charge in [-0.05, 0) is 24.3 Å². The Balaban J connectivity index is 2.32. The summed E-state index contributed by atoms with van der Waals surface area (Å²) in [5.41, 5.74) is 0.636. The van der Waals surface area contributed by atoms with Gasteiger partial charge in [0.2, 0.25) is 0 Å². The van der Waals surface area contributed by atoms with Gasteiger partial charge in [-0.3, -0.25) is 14.9 Å². The number of ether oxygens (including phenoxy) is 1. The molecule has 0 unspecified atom stereocenters. The van der Waals surface area contributed by atoms with Gasteiger partial charge in [0.05, 0.1) is 29.4 Å². The van der Waals surface area contributed by atoms with Gasteiger partial charge in [-0.25, -0.2) is 0 Å². The van der Waals surface area contributed by atoms with Crippen LogP contribution in [0, 0.1) is 21.4 Å². The molecule has 1 amide bonds. The van der Waals surface area contributed by atoms with E-state index < -0.39 is 10.8 Å². The van der Waals surface area contributed by atoms with Crippen molar-refractivity contribution >= 4 is 17.3 Å². The second-order valence-electron chi connectivity index (χ2n) is 4.29. The Hall–Kier alpha value is -3.40. The van der Waals surface area contributed by atoms with E-state index in [-0.39, 0.29) is 16.9 Å². The number of non-ortho nitro benzene ring substituents is 1. The van der Waals surface area contributed by atoms with Gasteiger partial charge in [0.25, 0.3) is 11.6 Å². The minimum atomic E-state index is -0.564. The van der Waals surface area contributed by atoms with Crippen molar-refractivity contribution in [3.8, 4) is 11.8 Å². The zero-order chi connectivity index (χ0) is 16.1. The normalized spacial score (nSPS) is 9.64. The molecule has 1 N–H and O–H groups in total. The monoisotopic (exact) mass is 297 g/mol. The number of nitro benzene ring substituents is 1. The van der Waals surface area contributed by atoms with Gasteiger partial charge in [-0.2, -0.15) is 5.26 Å². The topological polar surface area (TPSA) is 105 Å². The molecule has 0 aliphatic rings. The van der Waals surface area contributed by atoms with E-state index in [1.54, 1.807) is 18.2 Å². The summed E-state index contributed by atoms with van der Waals surface area (Å²) in [5, 5.41) is 22.2. The van der Waals surface area contributed by atoms with E-state index in [0.717, 1.165) is 0 Å². The zero-order valence-electron chi connectivity index (χ0n) is 11.6. The van der Waals surface area contributed by atoms with Crippen LogP contribution in [0.15, 0.2) is 42.5 Å². The van der Waals surface area contributed by atoms with Crippen LogP contribution in [0.1, 0.15) is 15.9 Å². The molecular weight excluding hydrogens is 286 g/mol. The van der Waals surface area contributed by atoms with E-state index in [1.165, 1.54) is 31.4 Å². The number of hydrogen-bond donors (Lipinski definition) is 1. The number of methoxy groups -OCH3 is 1. The molecule has 2 aromatic rings. The van der Waals surface area contributed by atoms with E-state index >= 15 is 0 Å². The van der Waals surface area contributed by atoms with Crippen LogP contribution in [0.3, 0.4) is 0 Å². The summed E-state index contributed by atoms with van der Waals surface area (Å²) in [6.45, 7) is 0. The number of amides is 1.